The summed E-state index contributed by atoms with van der Waals surface area (Å²) in [4.78, 5) is 4.24. The van der Waals surface area contributed by atoms with E-state index in [0.29, 0.717) is 6.04 Å². The van der Waals surface area contributed by atoms with E-state index < -0.39 is 0 Å². The Hall–Kier alpha value is -0.450. The molecular weight excluding hydrogens is 184 g/mol. The van der Waals surface area contributed by atoms with Gasteiger partial charge >= 0.3 is 0 Å². The Bertz CT molecular complexity index is 226. The van der Waals surface area contributed by atoms with Crippen molar-refractivity contribution in [1.82, 2.24) is 10.3 Å². The van der Waals surface area contributed by atoms with Crippen LogP contribution in [-0.4, -0.2) is 24.7 Å². The number of aromatic nitrogens is 1. The Balaban J connectivity index is 2.30. The average molecular weight is 200 g/mol. The molecule has 0 aromatic carbocycles. The highest BCUT2D eigenvalue weighted by atomic mass is 32.1. The summed E-state index contributed by atoms with van der Waals surface area (Å²) in [5.74, 6) is 0. The van der Waals surface area contributed by atoms with Crippen molar-refractivity contribution < 1.29 is 4.74 Å². The van der Waals surface area contributed by atoms with Crippen molar-refractivity contribution in [3.05, 3.63) is 16.6 Å². The van der Waals surface area contributed by atoms with Crippen LogP contribution in [0.25, 0.3) is 0 Å². The van der Waals surface area contributed by atoms with Crippen LogP contribution in [-0.2, 0) is 4.74 Å². The van der Waals surface area contributed by atoms with Crippen LogP contribution in [0.2, 0.25) is 0 Å². The third kappa shape index (κ3) is 3.42. The molecule has 4 heteroatoms. The number of thiazole rings is 1. The molecule has 0 fully saturated rings. The molecular formula is C9H16N2OS. The second-order valence-electron chi connectivity index (χ2n) is 3.05. The van der Waals surface area contributed by atoms with E-state index >= 15 is 0 Å². The van der Waals surface area contributed by atoms with Crippen LogP contribution in [0.3, 0.4) is 0 Å². The molecule has 0 aliphatic carbocycles. The van der Waals surface area contributed by atoms with E-state index in [0.717, 1.165) is 11.6 Å². The lowest BCUT2D eigenvalue weighted by Gasteiger charge is -2.14. The first-order valence-electron chi connectivity index (χ1n) is 4.39. The van der Waals surface area contributed by atoms with E-state index in [1.165, 1.54) is 0 Å². The maximum Gasteiger partial charge on any atom is 0.109 e. The van der Waals surface area contributed by atoms with Gasteiger partial charge < -0.3 is 10.1 Å². The van der Waals surface area contributed by atoms with Gasteiger partial charge in [-0.2, -0.15) is 0 Å². The summed E-state index contributed by atoms with van der Waals surface area (Å²) in [5.41, 5.74) is 0. The highest BCUT2D eigenvalue weighted by molar-refractivity contribution is 7.09. The van der Waals surface area contributed by atoms with Crippen molar-refractivity contribution in [2.24, 2.45) is 0 Å². The van der Waals surface area contributed by atoms with Crippen LogP contribution >= 0.6 is 11.3 Å². The first kappa shape index (κ1) is 10.6. The van der Waals surface area contributed by atoms with Crippen molar-refractivity contribution >= 4 is 11.3 Å². The monoisotopic (exact) mass is 200 g/mol. The number of rotatable bonds is 5. The third-order valence-electron chi connectivity index (χ3n) is 1.94. The molecule has 2 atom stereocenters. The third-order valence-corrected chi connectivity index (χ3v) is 2.89. The van der Waals surface area contributed by atoms with Gasteiger partial charge in [0.25, 0.3) is 0 Å². The number of ether oxygens (including phenoxy) is 1. The largest absolute Gasteiger partial charge is 0.380 e. The van der Waals surface area contributed by atoms with Gasteiger partial charge in [0.15, 0.2) is 0 Å². The Labute approximate surface area is 83.1 Å². The molecule has 1 aromatic heterocycles. The van der Waals surface area contributed by atoms with Crippen LogP contribution in [0, 0.1) is 0 Å². The number of hydrogen-bond donors (Lipinski definition) is 1. The lowest BCUT2D eigenvalue weighted by atomic mass is 10.3. The minimum atomic E-state index is 0.252. The maximum absolute atomic E-state index is 5.14. The zero-order chi connectivity index (χ0) is 9.68. The SMILES string of the molecule is COC(C)CNC(C)c1nccs1. The van der Waals surface area contributed by atoms with Gasteiger partial charge in [0.1, 0.15) is 5.01 Å². The fourth-order valence-corrected chi connectivity index (χ4v) is 1.63. The molecule has 0 spiro atoms. The van der Waals surface area contributed by atoms with Gasteiger partial charge in [-0.15, -0.1) is 11.3 Å². The normalized spacial score (nSPS) is 15.6. The number of nitrogens with one attached hydrogen (secondary N) is 1. The molecule has 0 saturated heterocycles. The molecule has 1 N–H and O–H groups in total. The quantitative estimate of drug-likeness (QED) is 0.787. The van der Waals surface area contributed by atoms with Gasteiger partial charge in [-0.3, -0.25) is 0 Å². The van der Waals surface area contributed by atoms with Gasteiger partial charge in [-0.1, -0.05) is 0 Å². The number of hydrogen-bond acceptors (Lipinski definition) is 4. The highest BCUT2D eigenvalue weighted by Crippen LogP contribution is 2.14. The zero-order valence-corrected chi connectivity index (χ0v) is 9.10. The van der Waals surface area contributed by atoms with Gasteiger partial charge in [-0.05, 0) is 13.8 Å². The molecule has 3 nitrogen and oxygen atoms in total. The fourth-order valence-electron chi connectivity index (χ4n) is 0.962. The van der Waals surface area contributed by atoms with Crippen LogP contribution in [0.15, 0.2) is 11.6 Å². The second kappa shape index (κ2) is 5.32. The molecule has 0 amide bonds. The van der Waals surface area contributed by atoms with Gasteiger partial charge in [-0.25, -0.2) is 4.98 Å². The summed E-state index contributed by atoms with van der Waals surface area (Å²) < 4.78 is 5.14. The molecule has 13 heavy (non-hydrogen) atoms. The summed E-state index contributed by atoms with van der Waals surface area (Å²) in [6.07, 6.45) is 2.08. The summed E-state index contributed by atoms with van der Waals surface area (Å²) in [6, 6.07) is 0.317. The predicted octanol–water partition coefficient (Wildman–Crippen LogP) is 1.83. The van der Waals surface area contributed by atoms with Crippen molar-refractivity contribution in [2.45, 2.75) is 26.0 Å². The van der Waals surface area contributed by atoms with Crippen molar-refractivity contribution in [1.29, 1.82) is 0 Å². The van der Waals surface area contributed by atoms with Gasteiger partial charge in [0, 0.05) is 25.2 Å². The smallest absolute Gasteiger partial charge is 0.109 e. The fraction of sp³-hybridized carbons (Fsp3) is 0.667. The molecule has 1 rings (SSSR count). The molecule has 2 unspecified atom stereocenters. The minimum Gasteiger partial charge on any atom is -0.380 e. The van der Waals surface area contributed by atoms with E-state index in [-0.39, 0.29) is 6.10 Å². The standard InChI is InChI=1S/C9H16N2OS/c1-7(12-3)6-11-8(2)9-10-4-5-13-9/h4-5,7-8,11H,6H2,1-3H3. The van der Waals surface area contributed by atoms with E-state index in [1.807, 2.05) is 18.5 Å². The Morgan fingerprint density at radius 3 is 2.92 bits per heavy atom. The lowest BCUT2D eigenvalue weighted by molar-refractivity contribution is 0.115. The molecule has 0 aliphatic heterocycles. The Morgan fingerprint density at radius 2 is 2.38 bits per heavy atom. The van der Waals surface area contributed by atoms with Crippen LogP contribution in [0.5, 0.6) is 0 Å². The summed E-state index contributed by atoms with van der Waals surface area (Å²) in [6.45, 7) is 5.01. The van der Waals surface area contributed by atoms with Crippen LogP contribution in [0.4, 0.5) is 0 Å². The summed E-state index contributed by atoms with van der Waals surface area (Å²) in [5, 5.41) is 6.48. The molecule has 1 heterocycles. The first-order valence-corrected chi connectivity index (χ1v) is 5.27. The lowest BCUT2D eigenvalue weighted by Crippen LogP contribution is -2.28. The molecule has 0 saturated carbocycles. The maximum atomic E-state index is 5.14. The van der Waals surface area contributed by atoms with Crippen molar-refractivity contribution in [2.75, 3.05) is 13.7 Å². The van der Waals surface area contributed by atoms with Gasteiger partial charge in [0.2, 0.25) is 0 Å². The van der Waals surface area contributed by atoms with Crippen LogP contribution in [0.1, 0.15) is 24.9 Å². The van der Waals surface area contributed by atoms with E-state index in [2.05, 4.69) is 17.2 Å². The molecule has 0 radical (unpaired) electrons. The van der Waals surface area contributed by atoms with Crippen LogP contribution < -0.4 is 5.32 Å². The summed E-state index contributed by atoms with van der Waals surface area (Å²) >= 11 is 1.68. The molecule has 0 aliphatic rings. The first-order chi connectivity index (χ1) is 6.24. The highest BCUT2D eigenvalue weighted by Gasteiger charge is 2.08. The number of methoxy groups -OCH3 is 1. The Morgan fingerprint density at radius 1 is 1.62 bits per heavy atom. The van der Waals surface area contributed by atoms with Crippen molar-refractivity contribution in [3.63, 3.8) is 0 Å². The number of nitrogens with zero attached hydrogens (tertiary/aromatic N) is 1. The predicted molar refractivity (Wildman–Crippen MR) is 55.0 cm³/mol. The van der Waals surface area contributed by atoms with Crippen molar-refractivity contribution in [3.8, 4) is 0 Å². The average Bonchev–Trinajstić information content (AvgIpc) is 2.66. The minimum absolute atomic E-state index is 0.252. The van der Waals surface area contributed by atoms with E-state index in [1.54, 1.807) is 18.4 Å². The molecule has 0 bridgehead atoms. The Kier molecular flexibility index (Phi) is 4.35. The zero-order valence-electron chi connectivity index (χ0n) is 8.28. The molecule has 1 aromatic rings. The summed E-state index contributed by atoms with van der Waals surface area (Å²) in [7, 11) is 1.72. The van der Waals surface area contributed by atoms with E-state index in [9.17, 15) is 0 Å². The van der Waals surface area contributed by atoms with E-state index in [4.69, 9.17) is 4.74 Å². The topological polar surface area (TPSA) is 34.1 Å². The van der Waals surface area contributed by atoms with Gasteiger partial charge in [0.05, 0.1) is 12.1 Å². The second-order valence-corrected chi connectivity index (χ2v) is 3.97. The molecule has 74 valence electrons.